The Morgan fingerprint density at radius 3 is 2.57 bits per heavy atom. The van der Waals surface area contributed by atoms with Gasteiger partial charge in [0.2, 0.25) is 10.0 Å². The summed E-state index contributed by atoms with van der Waals surface area (Å²) in [6.07, 6.45) is 4.28. The maximum Gasteiger partial charge on any atom is 0.267 e. The maximum absolute atomic E-state index is 14.9. The molecule has 2 aliphatic carbocycles. The summed E-state index contributed by atoms with van der Waals surface area (Å²) in [5.41, 5.74) is 1.28. The van der Waals surface area contributed by atoms with Crippen molar-refractivity contribution in [3.63, 3.8) is 0 Å². The molecule has 1 amide bonds. The molecule has 35 heavy (non-hydrogen) atoms. The van der Waals surface area contributed by atoms with Gasteiger partial charge in [0.15, 0.2) is 0 Å². The van der Waals surface area contributed by atoms with Crippen LogP contribution in [0, 0.1) is 17.6 Å². The number of likely N-dealkylation sites (tertiary alicyclic amines) is 1. The molecule has 0 unspecified atom stereocenters. The summed E-state index contributed by atoms with van der Waals surface area (Å²) < 4.78 is 59.6. The number of piperidine rings is 1. The van der Waals surface area contributed by atoms with Crippen molar-refractivity contribution < 1.29 is 26.7 Å². The van der Waals surface area contributed by atoms with E-state index in [1.54, 1.807) is 6.07 Å². The van der Waals surface area contributed by atoms with Gasteiger partial charge in [0.25, 0.3) is 5.91 Å². The number of benzene rings is 2. The average Bonchev–Trinajstić information content (AvgIpc) is 3.41. The van der Waals surface area contributed by atoms with Gasteiger partial charge in [-0.2, -0.15) is 0 Å². The lowest BCUT2D eigenvalue weighted by Gasteiger charge is -2.38. The van der Waals surface area contributed by atoms with E-state index in [9.17, 15) is 22.0 Å². The number of rotatable bonds is 7. The van der Waals surface area contributed by atoms with Crippen LogP contribution in [0.3, 0.4) is 0 Å². The van der Waals surface area contributed by atoms with Gasteiger partial charge < -0.3 is 4.74 Å². The van der Waals surface area contributed by atoms with Crippen molar-refractivity contribution in [1.82, 2.24) is 9.62 Å². The van der Waals surface area contributed by atoms with E-state index in [1.165, 1.54) is 24.3 Å². The maximum atomic E-state index is 14.9. The molecule has 188 valence electrons. The number of nitrogens with zero attached hydrogens (tertiary/aromatic N) is 1. The Morgan fingerprint density at radius 2 is 1.94 bits per heavy atom. The minimum atomic E-state index is -3.82. The van der Waals surface area contributed by atoms with Gasteiger partial charge >= 0.3 is 0 Å². The third-order valence-electron chi connectivity index (χ3n) is 7.29. The van der Waals surface area contributed by atoms with Crippen molar-refractivity contribution in [1.29, 1.82) is 0 Å². The molecule has 0 radical (unpaired) electrons. The van der Waals surface area contributed by atoms with Crippen LogP contribution in [0.5, 0.6) is 5.75 Å². The quantitative estimate of drug-likeness (QED) is 0.564. The molecule has 1 N–H and O–H groups in total. The first kappa shape index (κ1) is 24.5. The molecule has 2 aromatic carbocycles. The first-order chi connectivity index (χ1) is 16.5. The summed E-state index contributed by atoms with van der Waals surface area (Å²) in [4.78, 5) is 14.6. The van der Waals surface area contributed by atoms with E-state index in [2.05, 4.69) is 4.90 Å². The second-order valence-corrected chi connectivity index (χ2v) is 12.1. The molecule has 5 rings (SSSR count). The fourth-order valence-electron chi connectivity index (χ4n) is 5.55. The van der Waals surface area contributed by atoms with Gasteiger partial charge in [-0.25, -0.2) is 21.9 Å². The van der Waals surface area contributed by atoms with Gasteiger partial charge in [-0.15, -0.1) is 0 Å². The highest BCUT2D eigenvalue weighted by atomic mass is 35.5. The van der Waals surface area contributed by atoms with Crippen LogP contribution in [0.2, 0.25) is 5.02 Å². The Labute approximate surface area is 208 Å². The molecule has 3 fully saturated rings. The summed E-state index contributed by atoms with van der Waals surface area (Å²) in [7, 11) is -3.82. The molecule has 0 spiro atoms. The van der Waals surface area contributed by atoms with E-state index in [0.29, 0.717) is 16.7 Å². The van der Waals surface area contributed by atoms with Crippen LogP contribution in [-0.2, 0) is 10.0 Å². The second kappa shape index (κ2) is 9.01. The van der Waals surface area contributed by atoms with E-state index in [-0.39, 0.29) is 35.5 Å². The summed E-state index contributed by atoms with van der Waals surface area (Å²) in [5.74, 6) is -1.20. The topological polar surface area (TPSA) is 75.7 Å². The molecule has 1 aliphatic heterocycles. The Kier molecular flexibility index (Phi) is 6.30. The standard InChI is InChI=1S/C25H27ClF2N2O4S/c1-13(17-6-5-16(27)9-20(17)26)30-12-14-7-22(30)24(8-14)34-23-11-21(28)19(10-18(23)15-3-4-15)25(31)29-35(2,32)33/h5-6,9-11,13-15,22,24H,3-4,7-8,12H2,1-2H3,(H,29,31)/t13-,14+,22-,24-/m1/s1. The molecule has 6 nitrogen and oxygen atoms in total. The van der Waals surface area contributed by atoms with Gasteiger partial charge in [0.1, 0.15) is 23.5 Å². The number of hydrogen-bond acceptors (Lipinski definition) is 5. The van der Waals surface area contributed by atoms with Crippen LogP contribution < -0.4 is 9.46 Å². The zero-order valence-corrected chi connectivity index (χ0v) is 21.0. The minimum Gasteiger partial charge on any atom is -0.488 e. The van der Waals surface area contributed by atoms with E-state index in [1.807, 2.05) is 11.6 Å². The third-order valence-corrected chi connectivity index (χ3v) is 8.18. The van der Waals surface area contributed by atoms with Crippen LogP contribution in [-0.4, -0.2) is 44.2 Å². The summed E-state index contributed by atoms with van der Waals surface area (Å²) in [6, 6.07) is 7.14. The van der Waals surface area contributed by atoms with Crippen molar-refractivity contribution >= 4 is 27.5 Å². The van der Waals surface area contributed by atoms with Gasteiger partial charge in [-0.1, -0.05) is 17.7 Å². The number of sulfonamides is 1. The zero-order valence-electron chi connectivity index (χ0n) is 19.4. The molecule has 2 aromatic rings. The van der Waals surface area contributed by atoms with Gasteiger partial charge in [0.05, 0.1) is 11.8 Å². The first-order valence-electron chi connectivity index (χ1n) is 11.7. The Hall–Kier alpha value is -2.23. The molecule has 1 saturated heterocycles. The van der Waals surface area contributed by atoms with Crippen LogP contribution in [0.25, 0.3) is 0 Å². The molecule has 1 heterocycles. The van der Waals surface area contributed by atoms with E-state index >= 15 is 0 Å². The second-order valence-electron chi connectivity index (χ2n) is 9.95. The zero-order chi connectivity index (χ0) is 25.1. The number of carbonyl (C=O) groups is 1. The number of carbonyl (C=O) groups excluding carboxylic acids is 1. The Morgan fingerprint density at radius 1 is 1.20 bits per heavy atom. The van der Waals surface area contributed by atoms with Crippen molar-refractivity contribution in [2.24, 2.45) is 5.92 Å². The molecular weight excluding hydrogens is 498 g/mol. The first-order valence-corrected chi connectivity index (χ1v) is 14.0. The predicted molar refractivity (Wildman–Crippen MR) is 128 cm³/mol. The van der Waals surface area contributed by atoms with Gasteiger partial charge in [-0.3, -0.25) is 9.69 Å². The van der Waals surface area contributed by atoms with Crippen molar-refractivity contribution in [3.05, 3.63) is 63.7 Å². The third kappa shape index (κ3) is 5.04. The minimum absolute atomic E-state index is 0.0359. The van der Waals surface area contributed by atoms with Crippen LogP contribution in [0.15, 0.2) is 30.3 Å². The monoisotopic (exact) mass is 524 g/mol. The fraction of sp³-hybridized carbons (Fsp3) is 0.480. The molecule has 10 heteroatoms. The van der Waals surface area contributed by atoms with Gasteiger partial charge in [0, 0.05) is 29.7 Å². The van der Waals surface area contributed by atoms with Crippen LogP contribution in [0.4, 0.5) is 8.78 Å². The molecule has 3 aliphatic rings. The summed E-state index contributed by atoms with van der Waals surface area (Å²) in [6.45, 7) is 2.93. The molecule has 2 saturated carbocycles. The summed E-state index contributed by atoms with van der Waals surface area (Å²) in [5, 5.41) is 0.388. The number of fused-ring (bicyclic) bond motifs is 2. The van der Waals surface area contributed by atoms with Crippen molar-refractivity contribution in [2.45, 2.75) is 56.7 Å². The summed E-state index contributed by atoms with van der Waals surface area (Å²) >= 11 is 6.32. The fourth-order valence-corrected chi connectivity index (χ4v) is 6.32. The Bertz CT molecular complexity index is 1280. The van der Waals surface area contributed by atoms with E-state index < -0.39 is 21.7 Å². The molecular formula is C25H27ClF2N2O4S. The number of amides is 1. The van der Waals surface area contributed by atoms with Crippen LogP contribution >= 0.6 is 11.6 Å². The van der Waals surface area contributed by atoms with Crippen molar-refractivity contribution in [2.75, 3.05) is 12.8 Å². The number of halogens is 3. The highest BCUT2D eigenvalue weighted by Gasteiger charge is 2.48. The highest BCUT2D eigenvalue weighted by Crippen LogP contribution is 2.48. The molecule has 0 aromatic heterocycles. The average molecular weight is 525 g/mol. The lowest BCUT2D eigenvalue weighted by atomic mass is 10.0. The normalized spacial score (nSPS) is 25.0. The SMILES string of the molecule is C[C@H](c1ccc(F)cc1Cl)N1C[C@H]2C[C@@H]1[C@H](Oc1cc(F)c(C(=O)NS(C)(=O)=O)cc1C1CC1)C2. The van der Waals surface area contributed by atoms with E-state index in [4.69, 9.17) is 16.3 Å². The lowest BCUT2D eigenvalue weighted by Crippen LogP contribution is -2.45. The lowest BCUT2D eigenvalue weighted by molar-refractivity contribution is 0.0506. The van der Waals surface area contributed by atoms with E-state index in [0.717, 1.165) is 49.6 Å². The highest BCUT2D eigenvalue weighted by molar-refractivity contribution is 7.89. The molecule has 4 atom stereocenters. The van der Waals surface area contributed by atoms with Gasteiger partial charge in [-0.05, 0) is 73.8 Å². The number of ether oxygens (including phenoxy) is 1. The number of hydrogen-bond donors (Lipinski definition) is 1. The Balaban J connectivity index is 1.38. The van der Waals surface area contributed by atoms with Crippen molar-refractivity contribution in [3.8, 4) is 5.75 Å². The predicted octanol–water partition coefficient (Wildman–Crippen LogP) is 4.79. The largest absolute Gasteiger partial charge is 0.488 e. The number of nitrogens with one attached hydrogen (secondary N) is 1. The van der Waals surface area contributed by atoms with Crippen LogP contribution in [0.1, 0.15) is 66.1 Å². The smallest absolute Gasteiger partial charge is 0.267 e. The molecule has 2 bridgehead atoms.